The molecule has 0 spiro atoms. The zero-order valence-electron chi connectivity index (χ0n) is 16.9. The third-order valence-electron chi connectivity index (χ3n) is 4.50. The van der Waals surface area contributed by atoms with E-state index in [1.54, 1.807) is 0 Å². The molecule has 0 radical (unpaired) electrons. The van der Waals surface area contributed by atoms with E-state index in [-0.39, 0.29) is 0 Å². The van der Waals surface area contributed by atoms with Gasteiger partial charge < -0.3 is 0 Å². The van der Waals surface area contributed by atoms with Gasteiger partial charge in [0.05, 0.1) is 11.4 Å². The van der Waals surface area contributed by atoms with Crippen molar-refractivity contribution in [1.29, 1.82) is 0 Å². The number of nitrogens with zero attached hydrogens (tertiary/aromatic N) is 4. The van der Waals surface area contributed by atoms with Crippen molar-refractivity contribution in [2.24, 2.45) is 20.5 Å². The first kappa shape index (κ1) is 22.0. The predicted molar refractivity (Wildman–Crippen MR) is 137 cm³/mol. The van der Waals surface area contributed by atoms with E-state index < -0.39 is 0 Å². The second-order valence-electron chi connectivity index (χ2n) is 6.78. The Morgan fingerprint density at radius 2 is 0.781 bits per heavy atom. The summed E-state index contributed by atoms with van der Waals surface area (Å²) in [6, 6.07) is 35.2. The molecule has 0 aliphatic carbocycles. The minimum atomic E-state index is 0.639. The van der Waals surface area contributed by atoms with Gasteiger partial charge in [-0.05, 0) is 48.5 Å². The third-order valence-corrected chi connectivity index (χ3v) is 5.56. The standard InChI is InChI=1S/C26H18Br2N4/c27-21-11-15-23(16-12-21)29-31-25(19-7-3-1-4-8-19)26(20-9-5-2-6-10-20)32-30-24-17-13-22(28)14-18-24/h1-18H/b26-25+,31-29?,32-30?. The van der Waals surface area contributed by atoms with Crippen molar-refractivity contribution in [2.75, 3.05) is 0 Å². The van der Waals surface area contributed by atoms with Gasteiger partial charge in [-0.3, -0.25) is 0 Å². The molecule has 156 valence electrons. The zero-order chi connectivity index (χ0) is 22.2. The van der Waals surface area contributed by atoms with Crippen molar-refractivity contribution in [1.82, 2.24) is 0 Å². The monoisotopic (exact) mass is 544 g/mol. The van der Waals surface area contributed by atoms with Gasteiger partial charge in [-0.2, -0.15) is 10.2 Å². The van der Waals surface area contributed by atoms with Crippen molar-refractivity contribution < 1.29 is 0 Å². The summed E-state index contributed by atoms with van der Waals surface area (Å²) < 4.78 is 1.98. The highest BCUT2D eigenvalue weighted by Crippen LogP contribution is 2.32. The highest BCUT2D eigenvalue weighted by molar-refractivity contribution is 9.10. The Bertz CT molecular complexity index is 1150. The van der Waals surface area contributed by atoms with Crippen LogP contribution in [0.25, 0.3) is 11.4 Å². The molecule has 0 aliphatic rings. The second kappa shape index (κ2) is 10.9. The number of rotatable bonds is 6. The lowest BCUT2D eigenvalue weighted by Crippen LogP contribution is -1.88. The molecule has 32 heavy (non-hydrogen) atoms. The van der Waals surface area contributed by atoms with Gasteiger partial charge in [-0.25, -0.2) is 0 Å². The van der Waals surface area contributed by atoms with Crippen LogP contribution in [-0.2, 0) is 0 Å². The average Bonchev–Trinajstić information content (AvgIpc) is 2.84. The van der Waals surface area contributed by atoms with Gasteiger partial charge in [0.2, 0.25) is 0 Å². The van der Waals surface area contributed by atoms with E-state index in [1.807, 2.05) is 109 Å². The smallest absolute Gasteiger partial charge is 0.121 e. The van der Waals surface area contributed by atoms with Crippen molar-refractivity contribution in [3.63, 3.8) is 0 Å². The SMILES string of the molecule is Brc1ccc(N=N/C(=C(/N=Nc2ccc(Br)cc2)c2ccccc2)c2ccccc2)cc1. The second-order valence-corrected chi connectivity index (χ2v) is 8.61. The number of benzene rings is 4. The van der Waals surface area contributed by atoms with E-state index in [4.69, 9.17) is 0 Å². The summed E-state index contributed by atoms with van der Waals surface area (Å²) in [7, 11) is 0. The first-order valence-corrected chi connectivity index (χ1v) is 11.5. The summed E-state index contributed by atoms with van der Waals surface area (Å²) >= 11 is 6.90. The van der Waals surface area contributed by atoms with Crippen LogP contribution in [0.2, 0.25) is 0 Å². The van der Waals surface area contributed by atoms with Crippen molar-refractivity contribution in [3.8, 4) is 0 Å². The summed E-state index contributed by atoms with van der Waals surface area (Å²) in [4.78, 5) is 0. The van der Waals surface area contributed by atoms with Crippen molar-refractivity contribution in [2.45, 2.75) is 0 Å². The van der Waals surface area contributed by atoms with Crippen LogP contribution in [0.3, 0.4) is 0 Å². The van der Waals surface area contributed by atoms with Gasteiger partial charge in [0.15, 0.2) is 0 Å². The molecule has 0 bridgehead atoms. The number of hydrogen-bond donors (Lipinski definition) is 0. The quantitative estimate of drug-likeness (QED) is 0.171. The maximum Gasteiger partial charge on any atom is 0.121 e. The lowest BCUT2D eigenvalue weighted by Gasteiger charge is -2.08. The molecule has 0 amide bonds. The Morgan fingerprint density at radius 1 is 0.438 bits per heavy atom. The topological polar surface area (TPSA) is 49.4 Å². The van der Waals surface area contributed by atoms with E-state index in [2.05, 4.69) is 52.3 Å². The van der Waals surface area contributed by atoms with Crippen LogP contribution < -0.4 is 0 Å². The fourth-order valence-electron chi connectivity index (χ4n) is 2.91. The molecule has 0 unspecified atom stereocenters. The molecule has 6 heteroatoms. The fraction of sp³-hybridized carbons (Fsp3) is 0. The van der Waals surface area contributed by atoms with Crippen LogP contribution in [0.5, 0.6) is 0 Å². The Labute approximate surface area is 203 Å². The molecule has 0 aromatic heterocycles. The zero-order valence-corrected chi connectivity index (χ0v) is 20.1. The molecule has 4 nitrogen and oxygen atoms in total. The summed E-state index contributed by atoms with van der Waals surface area (Å²) in [6.07, 6.45) is 0. The summed E-state index contributed by atoms with van der Waals surface area (Å²) in [5, 5.41) is 18.2. The fourth-order valence-corrected chi connectivity index (χ4v) is 3.44. The van der Waals surface area contributed by atoms with Crippen LogP contribution in [0, 0.1) is 0 Å². The molecule has 0 heterocycles. The number of azo groups is 2. The van der Waals surface area contributed by atoms with Crippen LogP contribution >= 0.6 is 31.9 Å². The first-order chi connectivity index (χ1) is 15.7. The van der Waals surface area contributed by atoms with E-state index >= 15 is 0 Å². The number of hydrogen-bond acceptors (Lipinski definition) is 4. The van der Waals surface area contributed by atoms with Gasteiger partial charge in [-0.15, -0.1) is 10.2 Å². The first-order valence-electron chi connectivity index (χ1n) is 9.89. The normalized spacial score (nSPS) is 12.3. The van der Waals surface area contributed by atoms with Gasteiger partial charge >= 0.3 is 0 Å². The van der Waals surface area contributed by atoms with Gasteiger partial charge in [0.25, 0.3) is 0 Å². The maximum absolute atomic E-state index is 4.63. The highest BCUT2D eigenvalue weighted by Gasteiger charge is 2.12. The molecule has 0 aliphatic heterocycles. The molecule has 0 saturated heterocycles. The lowest BCUT2D eigenvalue weighted by atomic mass is 10.1. The third kappa shape index (κ3) is 5.93. The largest absolute Gasteiger partial charge is 0.150 e. The van der Waals surface area contributed by atoms with Crippen molar-refractivity contribution >= 4 is 54.6 Å². The minimum absolute atomic E-state index is 0.639. The molecule has 0 N–H and O–H groups in total. The molecule has 4 rings (SSSR count). The predicted octanol–water partition coefficient (Wildman–Crippen LogP) is 9.61. The van der Waals surface area contributed by atoms with Crippen LogP contribution in [0.4, 0.5) is 11.4 Å². The van der Waals surface area contributed by atoms with E-state index in [0.29, 0.717) is 11.4 Å². The molecule has 4 aromatic carbocycles. The van der Waals surface area contributed by atoms with E-state index in [1.165, 1.54) is 0 Å². The number of halogens is 2. The van der Waals surface area contributed by atoms with Crippen LogP contribution in [0.1, 0.15) is 11.1 Å². The Kier molecular flexibility index (Phi) is 7.48. The maximum atomic E-state index is 4.63. The molecular formula is C26H18Br2N4. The molecule has 4 aromatic rings. The van der Waals surface area contributed by atoms with Crippen molar-refractivity contribution in [3.05, 3.63) is 129 Å². The van der Waals surface area contributed by atoms with Gasteiger partial charge in [0.1, 0.15) is 11.4 Å². The van der Waals surface area contributed by atoms with Crippen LogP contribution in [0.15, 0.2) is 139 Å². The van der Waals surface area contributed by atoms with Gasteiger partial charge in [0, 0.05) is 20.1 Å². The average molecular weight is 546 g/mol. The van der Waals surface area contributed by atoms with Gasteiger partial charge in [-0.1, -0.05) is 92.5 Å². The Hall–Kier alpha value is -3.22. The summed E-state index contributed by atoms with van der Waals surface area (Å²) in [5.74, 6) is 0. The molecule has 0 fully saturated rings. The van der Waals surface area contributed by atoms with E-state index in [0.717, 1.165) is 31.4 Å². The molecular weight excluding hydrogens is 528 g/mol. The molecule has 0 saturated carbocycles. The molecule has 0 atom stereocenters. The summed E-state index contributed by atoms with van der Waals surface area (Å²) in [6.45, 7) is 0. The lowest BCUT2D eigenvalue weighted by molar-refractivity contribution is 1.20. The van der Waals surface area contributed by atoms with Crippen LogP contribution in [-0.4, -0.2) is 0 Å². The Balaban J connectivity index is 1.86. The Morgan fingerprint density at radius 3 is 1.12 bits per heavy atom. The highest BCUT2D eigenvalue weighted by atomic mass is 79.9. The summed E-state index contributed by atoms with van der Waals surface area (Å²) in [5.41, 5.74) is 4.59. The minimum Gasteiger partial charge on any atom is -0.150 e. The van der Waals surface area contributed by atoms with E-state index in [9.17, 15) is 0 Å².